The summed E-state index contributed by atoms with van der Waals surface area (Å²) in [5.74, 6) is 0.614. The average molecular weight is 335 g/mol. The maximum Gasteiger partial charge on any atom is 0.257 e. The quantitative estimate of drug-likeness (QED) is 0.903. The van der Waals surface area contributed by atoms with Crippen molar-refractivity contribution in [3.8, 4) is 11.3 Å². The lowest BCUT2D eigenvalue weighted by Crippen LogP contribution is -2.42. The molecule has 0 radical (unpaired) electrons. The number of carbonyl (C=O) groups excluding carboxylic acids is 1. The highest BCUT2D eigenvalue weighted by Gasteiger charge is 2.26. The molecule has 1 aromatic heterocycles. The van der Waals surface area contributed by atoms with Gasteiger partial charge in [-0.05, 0) is 32.4 Å². The molecule has 6 heteroatoms. The van der Waals surface area contributed by atoms with Gasteiger partial charge in [-0.3, -0.25) is 9.89 Å². The number of aromatic amines is 1. The number of nitrogens with zero attached hydrogens (tertiary/aromatic N) is 2. The van der Waals surface area contributed by atoms with Crippen molar-refractivity contribution in [2.75, 3.05) is 26.7 Å². The standard InChI is InChI=1S/C17H22N4O.ClH/c1-18-10-13-6-5-9-21(12-13)17(22)15-11-19-20-16(15)14-7-3-2-4-8-14;/h2-4,7-8,11,13,18H,5-6,9-10,12H2,1H3,(H,19,20);1H. The number of benzene rings is 1. The van der Waals surface area contributed by atoms with Gasteiger partial charge in [-0.15, -0.1) is 12.4 Å². The fourth-order valence-electron chi connectivity index (χ4n) is 3.15. The molecule has 0 bridgehead atoms. The number of hydrogen-bond donors (Lipinski definition) is 2. The molecule has 0 aliphatic carbocycles. The summed E-state index contributed by atoms with van der Waals surface area (Å²) in [4.78, 5) is 14.8. The summed E-state index contributed by atoms with van der Waals surface area (Å²) in [5, 5.41) is 10.3. The van der Waals surface area contributed by atoms with Crippen LogP contribution in [0.15, 0.2) is 36.5 Å². The number of H-pyrrole nitrogens is 1. The maximum atomic E-state index is 12.9. The molecule has 1 aliphatic rings. The lowest BCUT2D eigenvalue weighted by molar-refractivity contribution is 0.0675. The summed E-state index contributed by atoms with van der Waals surface area (Å²) in [6.07, 6.45) is 3.89. The van der Waals surface area contributed by atoms with Crippen LogP contribution in [-0.2, 0) is 0 Å². The van der Waals surface area contributed by atoms with Gasteiger partial charge < -0.3 is 10.2 Å². The van der Waals surface area contributed by atoms with Crippen LogP contribution >= 0.6 is 12.4 Å². The van der Waals surface area contributed by atoms with Gasteiger partial charge in [0.25, 0.3) is 5.91 Å². The van der Waals surface area contributed by atoms with Gasteiger partial charge in [-0.1, -0.05) is 30.3 Å². The minimum atomic E-state index is 0. The Balaban J connectivity index is 0.00000192. The number of carbonyl (C=O) groups is 1. The first kappa shape index (κ1) is 17.5. The molecule has 1 aromatic carbocycles. The Hall–Kier alpha value is -1.85. The molecule has 0 saturated carbocycles. The summed E-state index contributed by atoms with van der Waals surface area (Å²) in [6.45, 7) is 2.61. The highest BCUT2D eigenvalue weighted by Crippen LogP contribution is 2.24. The molecule has 2 aromatic rings. The van der Waals surface area contributed by atoms with Crippen molar-refractivity contribution in [2.45, 2.75) is 12.8 Å². The number of aromatic nitrogens is 2. The van der Waals surface area contributed by atoms with Gasteiger partial charge >= 0.3 is 0 Å². The Morgan fingerprint density at radius 1 is 1.39 bits per heavy atom. The Morgan fingerprint density at radius 3 is 2.91 bits per heavy atom. The summed E-state index contributed by atoms with van der Waals surface area (Å²) in [5.41, 5.74) is 2.46. The normalized spacial score (nSPS) is 17.6. The van der Waals surface area contributed by atoms with Crippen molar-refractivity contribution in [1.29, 1.82) is 0 Å². The molecule has 23 heavy (non-hydrogen) atoms. The highest BCUT2D eigenvalue weighted by molar-refractivity contribution is 5.99. The van der Waals surface area contributed by atoms with E-state index in [1.54, 1.807) is 6.20 Å². The van der Waals surface area contributed by atoms with E-state index in [-0.39, 0.29) is 18.3 Å². The molecule has 1 atom stereocenters. The number of amides is 1. The van der Waals surface area contributed by atoms with Gasteiger partial charge in [0, 0.05) is 18.7 Å². The van der Waals surface area contributed by atoms with Crippen molar-refractivity contribution >= 4 is 18.3 Å². The summed E-state index contributed by atoms with van der Waals surface area (Å²) >= 11 is 0. The van der Waals surface area contributed by atoms with E-state index in [0.717, 1.165) is 37.3 Å². The predicted molar refractivity (Wildman–Crippen MR) is 93.8 cm³/mol. The number of piperidine rings is 1. The molecule has 124 valence electrons. The zero-order valence-electron chi connectivity index (χ0n) is 13.3. The third-order valence-electron chi connectivity index (χ3n) is 4.23. The molecule has 1 aliphatic heterocycles. The highest BCUT2D eigenvalue weighted by atomic mass is 35.5. The van der Waals surface area contributed by atoms with E-state index in [2.05, 4.69) is 15.5 Å². The van der Waals surface area contributed by atoms with Gasteiger partial charge in [0.2, 0.25) is 0 Å². The molecular formula is C17H23ClN4O. The van der Waals surface area contributed by atoms with Gasteiger partial charge in [-0.2, -0.15) is 5.10 Å². The van der Waals surface area contributed by atoms with Crippen molar-refractivity contribution in [1.82, 2.24) is 20.4 Å². The van der Waals surface area contributed by atoms with Crippen LogP contribution < -0.4 is 5.32 Å². The first-order chi connectivity index (χ1) is 10.8. The van der Waals surface area contributed by atoms with Crippen LogP contribution in [0.1, 0.15) is 23.2 Å². The smallest absolute Gasteiger partial charge is 0.257 e. The van der Waals surface area contributed by atoms with Crippen LogP contribution in [0.2, 0.25) is 0 Å². The van der Waals surface area contributed by atoms with Crippen molar-refractivity contribution in [2.24, 2.45) is 5.92 Å². The number of likely N-dealkylation sites (tertiary alicyclic amines) is 1. The molecule has 5 nitrogen and oxygen atoms in total. The van der Waals surface area contributed by atoms with E-state index in [9.17, 15) is 4.79 Å². The van der Waals surface area contributed by atoms with E-state index >= 15 is 0 Å². The van der Waals surface area contributed by atoms with E-state index < -0.39 is 0 Å². The van der Waals surface area contributed by atoms with Crippen LogP contribution in [0, 0.1) is 5.92 Å². The molecule has 2 N–H and O–H groups in total. The second-order valence-electron chi connectivity index (χ2n) is 5.84. The minimum Gasteiger partial charge on any atom is -0.338 e. The second kappa shape index (κ2) is 8.13. The fraction of sp³-hybridized carbons (Fsp3) is 0.412. The average Bonchev–Trinajstić information content (AvgIpc) is 3.05. The first-order valence-corrected chi connectivity index (χ1v) is 7.82. The molecule has 1 saturated heterocycles. The predicted octanol–water partition coefficient (Wildman–Crippen LogP) is 2.57. The molecular weight excluding hydrogens is 312 g/mol. The maximum absolute atomic E-state index is 12.9. The molecule has 0 spiro atoms. The van der Waals surface area contributed by atoms with Crippen molar-refractivity contribution in [3.63, 3.8) is 0 Å². The number of nitrogens with one attached hydrogen (secondary N) is 2. The lowest BCUT2D eigenvalue weighted by atomic mass is 9.97. The molecule has 1 unspecified atom stereocenters. The second-order valence-corrected chi connectivity index (χ2v) is 5.84. The number of halogens is 1. The third kappa shape index (κ3) is 3.92. The topological polar surface area (TPSA) is 61.0 Å². The summed E-state index contributed by atoms with van der Waals surface area (Å²) in [6, 6.07) is 9.88. The van der Waals surface area contributed by atoms with Crippen molar-refractivity contribution in [3.05, 3.63) is 42.1 Å². The SMILES string of the molecule is CNCC1CCCN(C(=O)c2cn[nH]c2-c2ccccc2)C1.Cl. The van der Waals surface area contributed by atoms with E-state index in [0.29, 0.717) is 11.5 Å². The zero-order chi connectivity index (χ0) is 15.4. The summed E-state index contributed by atoms with van der Waals surface area (Å²) in [7, 11) is 1.96. The molecule has 3 rings (SSSR count). The van der Waals surface area contributed by atoms with Gasteiger partial charge in [0.1, 0.15) is 0 Å². The van der Waals surface area contributed by atoms with Crippen molar-refractivity contribution < 1.29 is 4.79 Å². The molecule has 1 fully saturated rings. The molecule has 2 heterocycles. The lowest BCUT2D eigenvalue weighted by Gasteiger charge is -2.32. The largest absolute Gasteiger partial charge is 0.338 e. The van der Waals surface area contributed by atoms with Gasteiger partial charge in [0.15, 0.2) is 0 Å². The Labute approximate surface area is 142 Å². The number of hydrogen-bond acceptors (Lipinski definition) is 3. The zero-order valence-corrected chi connectivity index (χ0v) is 14.1. The Bertz CT molecular complexity index is 627. The Morgan fingerprint density at radius 2 is 2.17 bits per heavy atom. The molecule has 1 amide bonds. The Kier molecular flexibility index (Phi) is 6.19. The minimum absolute atomic E-state index is 0. The van der Waals surface area contributed by atoms with Crippen LogP contribution in [0.5, 0.6) is 0 Å². The number of rotatable bonds is 4. The first-order valence-electron chi connectivity index (χ1n) is 7.82. The van der Waals surface area contributed by atoms with E-state index in [4.69, 9.17) is 0 Å². The van der Waals surface area contributed by atoms with E-state index in [1.165, 1.54) is 6.42 Å². The van der Waals surface area contributed by atoms with Crippen LogP contribution in [0.25, 0.3) is 11.3 Å². The fourth-order valence-corrected chi connectivity index (χ4v) is 3.15. The van der Waals surface area contributed by atoms with Crippen LogP contribution in [0.3, 0.4) is 0 Å². The third-order valence-corrected chi connectivity index (χ3v) is 4.23. The van der Waals surface area contributed by atoms with Gasteiger partial charge in [-0.25, -0.2) is 0 Å². The van der Waals surface area contributed by atoms with Gasteiger partial charge in [0.05, 0.1) is 17.5 Å². The van der Waals surface area contributed by atoms with E-state index in [1.807, 2.05) is 42.3 Å². The summed E-state index contributed by atoms with van der Waals surface area (Å²) < 4.78 is 0. The van der Waals surface area contributed by atoms with Crippen LogP contribution in [0.4, 0.5) is 0 Å². The monoisotopic (exact) mass is 334 g/mol. The van der Waals surface area contributed by atoms with Crippen LogP contribution in [-0.4, -0.2) is 47.7 Å².